The van der Waals surface area contributed by atoms with Crippen molar-refractivity contribution >= 4 is 5.91 Å². The fraction of sp³-hybridized carbons (Fsp3) is 0.286. The predicted molar refractivity (Wildman–Crippen MR) is 109 cm³/mol. The molecule has 8 nitrogen and oxygen atoms in total. The lowest BCUT2D eigenvalue weighted by Crippen LogP contribution is -2.34. The summed E-state index contributed by atoms with van der Waals surface area (Å²) >= 11 is 0. The summed E-state index contributed by atoms with van der Waals surface area (Å²) in [5.41, 5.74) is 2.22. The van der Waals surface area contributed by atoms with Gasteiger partial charge in [-0.3, -0.25) is 14.4 Å². The van der Waals surface area contributed by atoms with Crippen molar-refractivity contribution in [3.05, 3.63) is 81.0 Å². The molecule has 0 aliphatic rings. The average Bonchev–Trinajstić information content (AvgIpc) is 2.74. The topological polar surface area (TPSA) is 98.9 Å². The molecule has 0 unspecified atom stereocenters. The van der Waals surface area contributed by atoms with Crippen LogP contribution in [0.5, 0.6) is 0 Å². The molecule has 0 bridgehead atoms. The molecule has 1 N–H and O–H groups in total. The van der Waals surface area contributed by atoms with Gasteiger partial charge in [-0.15, -0.1) is 0 Å². The van der Waals surface area contributed by atoms with Crippen molar-refractivity contribution in [1.82, 2.24) is 24.9 Å². The van der Waals surface area contributed by atoms with Crippen molar-refractivity contribution in [3.8, 4) is 11.3 Å². The van der Waals surface area contributed by atoms with Crippen molar-refractivity contribution in [2.24, 2.45) is 0 Å². The highest BCUT2D eigenvalue weighted by molar-refractivity contribution is 5.75. The van der Waals surface area contributed by atoms with Crippen LogP contribution in [0.2, 0.25) is 0 Å². The predicted octanol–water partition coefficient (Wildman–Crippen LogP) is 1.24. The van der Waals surface area contributed by atoms with Crippen LogP contribution in [0.15, 0.2) is 64.3 Å². The summed E-state index contributed by atoms with van der Waals surface area (Å²) < 4.78 is 2.49. The highest BCUT2D eigenvalue weighted by Gasteiger charge is 2.08. The molecule has 8 heteroatoms. The Labute approximate surface area is 167 Å². The summed E-state index contributed by atoms with van der Waals surface area (Å²) in [6, 6.07) is 14.0. The second kappa shape index (κ2) is 9.59. The van der Waals surface area contributed by atoms with Gasteiger partial charge in [-0.25, -0.2) is 9.36 Å². The van der Waals surface area contributed by atoms with Gasteiger partial charge in [0, 0.05) is 37.0 Å². The number of hydrogen-bond acceptors (Lipinski definition) is 5. The smallest absolute Gasteiger partial charge is 0.267 e. The van der Waals surface area contributed by atoms with Gasteiger partial charge in [0.2, 0.25) is 5.91 Å². The van der Waals surface area contributed by atoms with Crippen molar-refractivity contribution in [2.75, 3.05) is 6.54 Å². The Kier molecular flexibility index (Phi) is 6.67. The molecular weight excluding hydrogens is 370 g/mol. The molecule has 0 aliphatic carbocycles. The largest absolute Gasteiger partial charge is 0.354 e. The van der Waals surface area contributed by atoms with E-state index in [2.05, 4.69) is 22.4 Å². The van der Waals surface area contributed by atoms with E-state index in [0.29, 0.717) is 25.2 Å². The summed E-state index contributed by atoms with van der Waals surface area (Å²) in [5, 5.41) is 11.0. The number of carbonyl (C=O) groups is 1. The Hall–Kier alpha value is -3.55. The minimum Gasteiger partial charge on any atom is -0.354 e. The number of nitrogens with one attached hydrogen (secondary N) is 1. The summed E-state index contributed by atoms with van der Waals surface area (Å²) in [6.45, 7) is 2.69. The molecule has 0 fully saturated rings. The summed E-state index contributed by atoms with van der Waals surface area (Å²) in [4.78, 5) is 35.8. The number of aromatic nitrogens is 4. The van der Waals surface area contributed by atoms with Crippen molar-refractivity contribution in [2.45, 2.75) is 32.9 Å². The summed E-state index contributed by atoms with van der Waals surface area (Å²) in [5.74, 6) is -0.313. The molecule has 0 saturated carbocycles. The van der Waals surface area contributed by atoms with Gasteiger partial charge in [0.05, 0.1) is 5.69 Å². The van der Waals surface area contributed by atoms with Gasteiger partial charge in [-0.2, -0.15) is 10.2 Å². The van der Waals surface area contributed by atoms with E-state index >= 15 is 0 Å². The minimum atomic E-state index is -0.339. The van der Waals surface area contributed by atoms with E-state index in [0.717, 1.165) is 16.7 Å². The standard InChI is InChI=1S/C21H23N5O3/c1-2-16-6-8-17(9-7-16)18-10-11-21(29)26(24-18)15-19(27)22-12-4-14-25-20(28)5-3-13-23-25/h3,5-11,13H,2,4,12,14-15H2,1H3,(H,22,27). The molecule has 1 amide bonds. The van der Waals surface area contributed by atoms with E-state index in [4.69, 9.17) is 0 Å². The first-order valence-corrected chi connectivity index (χ1v) is 9.53. The number of aryl methyl sites for hydroxylation is 2. The van der Waals surface area contributed by atoms with E-state index in [1.807, 2.05) is 24.3 Å². The maximum Gasteiger partial charge on any atom is 0.267 e. The second-order valence-corrected chi connectivity index (χ2v) is 6.55. The minimum absolute atomic E-state index is 0.163. The van der Waals surface area contributed by atoms with Crippen LogP contribution in [0.4, 0.5) is 0 Å². The Morgan fingerprint density at radius 2 is 1.76 bits per heavy atom. The third-order valence-electron chi connectivity index (χ3n) is 4.47. The first-order chi connectivity index (χ1) is 14.1. The van der Waals surface area contributed by atoms with Crippen LogP contribution in [-0.2, 0) is 24.3 Å². The molecular formula is C21H23N5O3. The molecule has 0 radical (unpaired) electrons. The van der Waals surface area contributed by atoms with Crippen LogP contribution in [0.1, 0.15) is 18.9 Å². The van der Waals surface area contributed by atoms with Crippen LogP contribution < -0.4 is 16.4 Å². The lowest BCUT2D eigenvalue weighted by atomic mass is 10.1. The van der Waals surface area contributed by atoms with Crippen LogP contribution in [0.25, 0.3) is 11.3 Å². The van der Waals surface area contributed by atoms with Crippen molar-refractivity contribution in [1.29, 1.82) is 0 Å². The highest BCUT2D eigenvalue weighted by Crippen LogP contribution is 2.16. The van der Waals surface area contributed by atoms with Gasteiger partial charge in [0.25, 0.3) is 11.1 Å². The zero-order chi connectivity index (χ0) is 20.6. The van der Waals surface area contributed by atoms with E-state index in [1.165, 1.54) is 22.4 Å². The lowest BCUT2D eigenvalue weighted by molar-refractivity contribution is -0.121. The van der Waals surface area contributed by atoms with Crippen LogP contribution in [0.3, 0.4) is 0 Å². The second-order valence-electron chi connectivity index (χ2n) is 6.55. The third-order valence-corrected chi connectivity index (χ3v) is 4.47. The molecule has 2 aromatic heterocycles. The molecule has 3 rings (SSSR count). The van der Waals surface area contributed by atoms with Gasteiger partial charge in [0.1, 0.15) is 6.54 Å². The normalized spacial score (nSPS) is 10.7. The molecule has 3 aromatic rings. The third kappa shape index (κ3) is 5.47. The van der Waals surface area contributed by atoms with Crippen LogP contribution >= 0.6 is 0 Å². The molecule has 0 aliphatic heterocycles. The number of amides is 1. The fourth-order valence-electron chi connectivity index (χ4n) is 2.83. The van der Waals surface area contributed by atoms with E-state index in [-0.39, 0.29) is 23.6 Å². The Balaban J connectivity index is 1.57. The Morgan fingerprint density at radius 3 is 2.48 bits per heavy atom. The maximum atomic E-state index is 12.2. The Bertz CT molecular complexity index is 1090. The zero-order valence-electron chi connectivity index (χ0n) is 16.2. The number of benzene rings is 1. The average molecular weight is 393 g/mol. The van der Waals surface area contributed by atoms with Crippen molar-refractivity contribution in [3.63, 3.8) is 0 Å². The summed E-state index contributed by atoms with van der Waals surface area (Å²) in [7, 11) is 0. The van der Waals surface area contributed by atoms with Gasteiger partial charge in [-0.05, 0) is 30.5 Å². The van der Waals surface area contributed by atoms with Gasteiger partial charge < -0.3 is 5.32 Å². The summed E-state index contributed by atoms with van der Waals surface area (Å²) in [6.07, 6.45) is 3.04. The first kappa shape index (κ1) is 20.2. The highest BCUT2D eigenvalue weighted by atomic mass is 16.2. The molecule has 150 valence electrons. The molecule has 29 heavy (non-hydrogen) atoms. The van der Waals surface area contributed by atoms with E-state index in [1.54, 1.807) is 18.3 Å². The number of nitrogens with zero attached hydrogens (tertiary/aromatic N) is 4. The lowest BCUT2D eigenvalue weighted by Gasteiger charge is -2.09. The molecule has 0 atom stereocenters. The zero-order valence-corrected chi connectivity index (χ0v) is 16.2. The molecule has 0 spiro atoms. The quantitative estimate of drug-likeness (QED) is 0.581. The van der Waals surface area contributed by atoms with Crippen LogP contribution in [-0.4, -0.2) is 32.0 Å². The molecule has 2 heterocycles. The van der Waals surface area contributed by atoms with Crippen LogP contribution in [0, 0.1) is 0 Å². The van der Waals surface area contributed by atoms with Gasteiger partial charge in [-0.1, -0.05) is 31.2 Å². The fourth-order valence-corrected chi connectivity index (χ4v) is 2.83. The monoisotopic (exact) mass is 393 g/mol. The van der Waals surface area contributed by atoms with E-state index in [9.17, 15) is 14.4 Å². The Morgan fingerprint density at radius 1 is 1.00 bits per heavy atom. The van der Waals surface area contributed by atoms with Crippen molar-refractivity contribution < 1.29 is 4.79 Å². The molecule has 1 aromatic carbocycles. The first-order valence-electron chi connectivity index (χ1n) is 9.53. The number of rotatable bonds is 8. The number of carbonyl (C=O) groups excluding carboxylic acids is 1. The maximum absolute atomic E-state index is 12.2. The van der Waals surface area contributed by atoms with E-state index < -0.39 is 0 Å². The van der Waals surface area contributed by atoms with Gasteiger partial charge >= 0.3 is 0 Å². The molecule has 0 saturated heterocycles. The SMILES string of the molecule is CCc1ccc(-c2ccc(=O)n(CC(=O)NCCCn3ncccc3=O)n2)cc1. The number of hydrogen-bond donors (Lipinski definition) is 1. The van der Waals surface area contributed by atoms with Gasteiger partial charge in [0.15, 0.2) is 0 Å².